The van der Waals surface area contributed by atoms with Crippen LogP contribution in [0, 0.1) is 17.6 Å². The fourth-order valence-electron chi connectivity index (χ4n) is 4.68. The summed E-state index contributed by atoms with van der Waals surface area (Å²) >= 11 is 6.20. The number of anilines is 2. The first kappa shape index (κ1) is 33.4. The van der Waals surface area contributed by atoms with E-state index in [-0.39, 0.29) is 24.2 Å². The van der Waals surface area contributed by atoms with Gasteiger partial charge in [-0.1, -0.05) is 31.5 Å². The molecule has 42 heavy (non-hydrogen) atoms. The summed E-state index contributed by atoms with van der Waals surface area (Å²) < 4.78 is 105. The number of carbonyl (C=O) groups is 2. The Kier molecular flexibility index (Phi) is 10.7. The fraction of sp³-hybridized carbons (Fsp3) is 0.481. The zero-order valence-electron chi connectivity index (χ0n) is 22.6. The van der Waals surface area contributed by atoms with Crippen molar-refractivity contribution in [3.05, 3.63) is 58.1 Å². The smallest absolute Gasteiger partial charge is 0.367 e. The van der Waals surface area contributed by atoms with Gasteiger partial charge in [0.05, 0.1) is 23.4 Å². The van der Waals surface area contributed by atoms with E-state index in [0.29, 0.717) is 36.8 Å². The topological polar surface area (TPSA) is 64.7 Å². The van der Waals surface area contributed by atoms with Gasteiger partial charge >= 0.3 is 18.3 Å². The molecule has 0 radical (unpaired) electrons. The van der Waals surface area contributed by atoms with Crippen LogP contribution in [0.15, 0.2) is 30.3 Å². The minimum Gasteiger partial charge on any atom is -0.367 e. The maximum Gasteiger partial charge on any atom is 0.471 e. The Morgan fingerprint density at radius 2 is 1.71 bits per heavy atom. The molecule has 3 rings (SSSR count). The maximum absolute atomic E-state index is 14.8. The van der Waals surface area contributed by atoms with Crippen LogP contribution in [0.4, 0.5) is 46.5 Å². The van der Waals surface area contributed by atoms with Gasteiger partial charge in [0.15, 0.2) is 11.6 Å². The molecule has 0 bridgehead atoms. The van der Waals surface area contributed by atoms with Crippen molar-refractivity contribution >= 4 is 34.8 Å². The minimum atomic E-state index is -5.21. The van der Waals surface area contributed by atoms with E-state index in [1.54, 1.807) is 11.0 Å². The van der Waals surface area contributed by atoms with Crippen molar-refractivity contribution in [2.45, 2.75) is 51.6 Å². The summed E-state index contributed by atoms with van der Waals surface area (Å²) in [5.74, 6) is -6.45. The Hall–Kier alpha value is -3.13. The van der Waals surface area contributed by atoms with Crippen molar-refractivity contribution in [1.29, 1.82) is 0 Å². The van der Waals surface area contributed by atoms with Crippen molar-refractivity contribution in [2.75, 3.05) is 36.4 Å². The molecule has 2 aromatic carbocycles. The van der Waals surface area contributed by atoms with Gasteiger partial charge in [0.2, 0.25) is 0 Å². The van der Waals surface area contributed by atoms with Crippen molar-refractivity contribution in [2.24, 2.45) is 5.92 Å². The van der Waals surface area contributed by atoms with Crippen molar-refractivity contribution in [3.63, 3.8) is 0 Å². The number of alkyl halides is 6. The molecule has 232 valence electrons. The number of nitrogens with one attached hydrogen (secondary N) is 2. The Labute approximate surface area is 242 Å². The summed E-state index contributed by atoms with van der Waals surface area (Å²) in [5, 5.41) is 4.22. The highest BCUT2D eigenvalue weighted by molar-refractivity contribution is 6.31. The first-order valence-electron chi connectivity index (χ1n) is 12.9. The molecular weight excluding hydrogens is 600 g/mol. The maximum atomic E-state index is 14.8. The van der Waals surface area contributed by atoms with Gasteiger partial charge < -0.3 is 15.5 Å². The van der Waals surface area contributed by atoms with Gasteiger partial charge in [-0.3, -0.25) is 14.5 Å². The quantitative estimate of drug-likeness (QED) is 0.310. The molecular formula is C27H29ClF8N4O2. The summed E-state index contributed by atoms with van der Waals surface area (Å²) in [6.45, 7) is 3.72. The van der Waals surface area contributed by atoms with Crippen LogP contribution in [-0.4, -0.2) is 61.3 Å². The van der Waals surface area contributed by atoms with E-state index in [4.69, 9.17) is 11.6 Å². The average Bonchev–Trinajstić information content (AvgIpc) is 2.88. The number of carbonyl (C=O) groups excluding carboxylic acids is 2. The number of benzene rings is 2. The van der Waals surface area contributed by atoms with Crippen LogP contribution in [0.2, 0.25) is 5.02 Å². The predicted molar refractivity (Wildman–Crippen MR) is 141 cm³/mol. The van der Waals surface area contributed by atoms with Crippen LogP contribution in [-0.2, 0) is 11.3 Å². The summed E-state index contributed by atoms with van der Waals surface area (Å²) in [6, 6.07) is 5.95. The molecule has 0 aromatic heterocycles. The van der Waals surface area contributed by atoms with Crippen LogP contribution in [0.1, 0.15) is 42.6 Å². The number of amides is 2. The highest BCUT2D eigenvalue weighted by atomic mass is 35.5. The second-order valence-corrected chi connectivity index (χ2v) is 10.8. The Morgan fingerprint density at radius 3 is 2.33 bits per heavy atom. The first-order valence-corrected chi connectivity index (χ1v) is 13.3. The van der Waals surface area contributed by atoms with Crippen LogP contribution in [0.5, 0.6) is 0 Å². The molecule has 2 N–H and O–H groups in total. The van der Waals surface area contributed by atoms with Crippen molar-refractivity contribution in [1.82, 2.24) is 10.2 Å². The average molecular weight is 629 g/mol. The molecule has 1 fully saturated rings. The molecule has 0 aliphatic carbocycles. The molecule has 1 saturated heterocycles. The van der Waals surface area contributed by atoms with Gasteiger partial charge in [0, 0.05) is 49.4 Å². The highest BCUT2D eigenvalue weighted by Crippen LogP contribution is 2.33. The SMILES string of the molecule is CC(C)C[C@H]1CN(c2cc(Cl)ccc2NC(=O)c2ccc(CNC(=O)C(F)(F)F)c(F)c2F)CCN1CCC(F)(F)F. The molecule has 1 aliphatic rings. The molecule has 0 saturated carbocycles. The molecule has 6 nitrogen and oxygen atoms in total. The molecule has 0 unspecified atom stereocenters. The molecule has 1 atom stereocenters. The van der Waals surface area contributed by atoms with Gasteiger partial charge in [0.1, 0.15) is 0 Å². The lowest BCUT2D eigenvalue weighted by Crippen LogP contribution is -2.54. The molecule has 1 heterocycles. The van der Waals surface area contributed by atoms with Crippen LogP contribution in [0.3, 0.4) is 0 Å². The van der Waals surface area contributed by atoms with E-state index >= 15 is 0 Å². The molecule has 2 aromatic rings. The number of hydrogen-bond donors (Lipinski definition) is 2. The summed E-state index contributed by atoms with van der Waals surface area (Å²) in [7, 11) is 0. The van der Waals surface area contributed by atoms with Crippen molar-refractivity contribution in [3.8, 4) is 0 Å². The Bertz CT molecular complexity index is 1290. The van der Waals surface area contributed by atoms with Gasteiger partial charge in [-0.2, -0.15) is 26.3 Å². The number of hydrogen-bond acceptors (Lipinski definition) is 4. The summed E-state index contributed by atoms with van der Waals surface area (Å²) in [4.78, 5) is 27.6. The third kappa shape index (κ3) is 8.93. The lowest BCUT2D eigenvalue weighted by Gasteiger charge is -2.43. The molecule has 1 aliphatic heterocycles. The molecule has 15 heteroatoms. The number of halogens is 9. The van der Waals surface area contributed by atoms with Gasteiger partial charge in [-0.15, -0.1) is 0 Å². The zero-order valence-corrected chi connectivity index (χ0v) is 23.4. The minimum absolute atomic E-state index is 0.158. The van der Waals surface area contributed by atoms with Crippen LogP contribution in [0.25, 0.3) is 0 Å². The van der Waals surface area contributed by atoms with Crippen LogP contribution < -0.4 is 15.5 Å². The first-order chi connectivity index (χ1) is 19.5. The third-order valence-corrected chi connectivity index (χ3v) is 6.92. The van der Waals surface area contributed by atoms with Crippen molar-refractivity contribution < 1.29 is 44.7 Å². The summed E-state index contributed by atoms with van der Waals surface area (Å²) in [5.41, 5.74) is -0.743. The normalized spacial score (nSPS) is 16.6. The number of piperazine rings is 1. The van der Waals surface area contributed by atoms with Gasteiger partial charge in [-0.05, 0) is 36.6 Å². The lowest BCUT2D eigenvalue weighted by molar-refractivity contribution is -0.173. The third-order valence-electron chi connectivity index (χ3n) is 6.68. The molecule has 2 amide bonds. The lowest BCUT2D eigenvalue weighted by atomic mass is 9.99. The standard InChI is InChI=1S/C27H29ClF8N4O2/c1-15(2)11-18-14-40(10-9-39(18)8-7-26(31,32)33)21-12-17(28)4-6-20(21)38-24(41)19-5-3-16(22(29)23(19)30)13-37-25(42)27(34,35)36/h3-6,12,15,18H,7-11,13-14H2,1-2H3,(H,37,42)(H,38,41)/t18-/m0/s1. The number of nitrogens with zero attached hydrogens (tertiary/aromatic N) is 2. The van der Waals surface area contributed by atoms with E-state index in [0.717, 1.165) is 12.1 Å². The predicted octanol–water partition coefficient (Wildman–Crippen LogP) is 6.54. The van der Waals surface area contributed by atoms with E-state index in [2.05, 4.69) is 5.32 Å². The van der Waals surface area contributed by atoms with E-state index < -0.39 is 59.9 Å². The van der Waals surface area contributed by atoms with E-state index in [1.807, 2.05) is 18.7 Å². The van der Waals surface area contributed by atoms with Crippen LogP contribution >= 0.6 is 11.6 Å². The number of rotatable bonds is 9. The highest BCUT2D eigenvalue weighted by Gasteiger charge is 2.38. The molecule has 0 spiro atoms. The summed E-state index contributed by atoms with van der Waals surface area (Å²) in [6.07, 6.45) is -9.85. The largest absolute Gasteiger partial charge is 0.471 e. The van der Waals surface area contributed by atoms with Gasteiger partial charge in [0.25, 0.3) is 5.91 Å². The fourth-order valence-corrected chi connectivity index (χ4v) is 4.85. The van der Waals surface area contributed by atoms with E-state index in [9.17, 15) is 44.7 Å². The Balaban J connectivity index is 1.80. The Morgan fingerprint density at radius 1 is 1.02 bits per heavy atom. The van der Waals surface area contributed by atoms with E-state index in [1.165, 1.54) is 17.4 Å². The van der Waals surface area contributed by atoms with Gasteiger partial charge in [-0.25, -0.2) is 8.78 Å². The zero-order chi connectivity index (χ0) is 31.4. The second kappa shape index (κ2) is 13.4. The second-order valence-electron chi connectivity index (χ2n) is 10.3. The monoisotopic (exact) mass is 628 g/mol.